The molecule has 0 saturated carbocycles. The van der Waals surface area contributed by atoms with Crippen LogP contribution in [0.2, 0.25) is 0 Å². The van der Waals surface area contributed by atoms with Crippen LogP contribution in [-0.2, 0) is 4.79 Å². The van der Waals surface area contributed by atoms with Crippen LogP contribution in [0.3, 0.4) is 0 Å². The molecule has 0 bridgehead atoms. The second-order valence-corrected chi connectivity index (χ2v) is 6.02. The van der Waals surface area contributed by atoms with Gasteiger partial charge in [0.15, 0.2) is 0 Å². The van der Waals surface area contributed by atoms with Crippen LogP contribution in [0.1, 0.15) is 13.3 Å². The van der Waals surface area contributed by atoms with Crippen LogP contribution in [0.15, 0.2) is 29.2 Å². The van der Waals surface area contributed by atoms with Crippen molar-refractivity contribution in [2.45, 2.75) is 24.3 Å². The number of carbonyl (C=O) groups is 1. The molecule has 0 aliphatic rings. The summed E-state index contributed by atoms with van der Waals surface area (Å²) in [7, 11) is 0. The van der Waals surface area contributed by atoms with E-state index in [1.54, 1.807) is 23.5 Å². The first-order valence-electron chi connectivity index (χ1n) is 5.89. The number of rotatable bonds is 7. The summed E-state index contributed by atoms with van der Waals surface area (Å²) in [6.45, 7) is 1.98. The third kappa shape index (κ3) is 5.80. The van der Waals surface area contributed by atoms with Crippen molar-refractivity contribution in [1.82, 2.24) is 0 Å². The molecule has 3 nitrogen and oxygen atoms in total. The quantitative estimate of drug-likeness (QED) is 0.597. The van der Waals surface area contributed by atoms with E-state index in [2.05, 4.69) is 5.32 Å². The topological polar surface area (TPSA) is 55.1 Å². The molecule has 1 rings (SSSR count). The van der Waals surface area contributed by atoms with Gasteiger partial charge in [-0.05, 0) is 37.5 Å². The highest BCUT2D eigenvalue weighted by Crippen LogP contribution is 2.24. The summed E-state index contributed by atoms with van der Waals surface area (Å²) in [6, 6.07) is 8.04. The molecule has 0 spiro atoms. The molecular formula is C13H20N2OS2. The molecule has 0 aliphatic heterocycles. The number of anilines is 1. The van der Waals surface area contributed by atoms with Gasteiger partial charge in [-0.2, -0.15) is 11.8 Å². The monoisotopic (exact) mass is 284 g/mol. The Morgan fingerprint density at radius 2 is 2.17 bits per heavy atom. The van der Waals surface area contributed by atoms with Gasteiger partial charge in [0.25, 0.3) is 0 Å². The number of nitrogens with two attached hydrogens (primary N) is 1. The van der Waals surface area contributed by atoms with E-state index >= 15 is 0 Å². The maximum atomic E-state index is 11.8. The molecule has 1 aromatic carbocycles. The first-order valence-corrected chi connectivity index (χ1v) is 8.27. The van der Waals surface area contributed by atoms with Crippen molar-refractivity contribution in [3.8, 4) is 0 Å². The number of benzene rings is 1. The molecule has 0 radical (unpaired) electrons. The molecule has 100 valence electrons. The number of nitrogens with one attached hydrogen (secondary N) is 1. The zero-order chi connectivity index (χ0) is 13.4. The lowest BCUT2D eigenvalue weighted by Crippen LogP contribution is -2.17. The van der Waals surface area contributed by atoms with Crippen molar-refractivity contribution < 1.29 is 4.79 Å². The molecule has 0 aliphatic carbocycles. The van der Waals surface area contributed by atoms with Crippen LogP contribution in [0, 0.1) is 0 Å². The number of carbonyl (C=O) groups excluding carboxylic acids is 1. The third-order valence-electron chi connectivity index (χ3n) is 2.33. The number of hydrogen-bond acceptors (Lipinski definition) is 4. The van der Waals surface area contributed by atoms with E-state index < -0.39 is 0 Å². The lowest BCUT2D eigenvalue weighted by atomic mass is 10.3. The lowest BCUT2D eigenvalue weighted by Gasteiger charge is -2.09. The van der Waals surface area contributed by atoms with Gasteiger partial charge in [-0.1, -0.05) is 12.1 Å². The van der Waals surface area contributed by atoms with E-state index in [0.717, 1.165) is 22.8 Å². The summed E-state index contributed by atoms with van der Waals surface area (Å²) < 4.78 is 0. The first kappa shape index (κ1) is 15.4. The van der Waals surface area contributed by atoms with E-state index in [-0.39, 0.29) is 11.9 Å². The fraction of sp³-hybridized carbons (Fsp3) is 0.462. The molecule has 1 aromatic rings. The summed E-state index contributed by atoms with van der Waals surface area (Å²) in [5.41, 5.74) is 6.55. The van der Waals surface area contributed by atoms with Crippen LogP contribution in [0.5, 0.6) is 0 Å². The van der Waals surface area contributed by atoms with E-state index in [0.29, 0.717) is 5.75 Å². The Morgan fingerprint density at radius 3 is 2.83 bits per heavy atom. The first-order chi connectivity index (χ1) is 8.63. The number of para-hydroxylation sites is 1. The fourth-order valence-corrected chi connectivity index (χ4v) is 2.86. The highest BCUT2D eigenvalue weighted by atomic mass is 32.2. The van der Waals surface area contributed by atoms with Crippen molar-refractivity contribution in [2.75, 3.05) is 23.1 Å². The van der Waals surface area contributed by atoms with Crippen LogP contribution in [0.25, 0.3) is 0 Å². The van der Waals surface area contributed by atoms with Crippen LogP contribution in [-0.4, -0.2) is 29.7 Å². The molecule has 5 heteroatoms. The molecule has 0 saturated heterocycles. The number of thioether (sulfide) groups is 2. The molecule has 0 heterocycles. The molecule has 1 atom stereocenters. The van der Waals surface area contributed by atoms with E-state index in [4.69, 9.17) is 5.73 Å². The minimum Gasteiger partial charge on any atom is -0.328 e. The van der Waals surface area contributed by atoms with Crippen molar-refractivity contribution >= 4 is 35.1 Å². The molecule has 3 N–H and O–H groups in total. The van der Waals surface area contributed by atoms with Crippen molar-refractivity contribution in [1.29, 1.82) is 0 Å². The van der Waals surface area contributed by atoms with Gasteiger partial charge in [-0.3, -0.25) is 4.79 Å². The Balaban J connectivity index is 2.35. The summed E-state index contributed by atoms with van der Waals surface area (Å²) in [4.78, 5) is 12.8. The minimum absolute atomic E-state index is 0.0474. The average Bonchev–Trinajstić information content (AvgIpc) is 2.35. The zero-order valence-electron chi connectivity index (χ0n) is 10.8. The smallest absolute Gasteiger partial charge is 0.234 e. The molecule has 1 amide bonds. The maximum Gasteiger partial charge on any atom is 0.234 e. The maximum absolute atomic E-state index is 11.8. The van der Waals surface area contributed by atoms with Crippen LogP contribution < -0.4 is 11.1 Å². The van der Waals surface area contributed by atoms with Gasteiger partial charge >= 0.3 is 0 Å². The summed E-state index contributed by atoms with van der Waals surface area (Å²) >= 11 is 3.26. The average molecular weight is 284 g/mol. The van der Waals surface area contributed by atoms with Gasteiger partial charge in [0.1, 0.15) is 0 Å². The fourth-order valence-electron chi connectivity index (χ4n) is 1.37. The molecular weight excluding hydrogens is 264 g/mol. The highest BCUT2D eigenvalue weighted by molar-refractivity contribution is 8.00. The Kier molecular flexibility index (Phi) is 7.23. The Morgan fingerprint density at radius 1 is 1.44 bits per heavy atom. The predicted molar refractivity (Wildman–Crippen MR) is 82.4 cm³/mol. The largest absolute Gasteiger partial charge is 0.328 e. The molecule has 0 fully saturated rings. The number of amides is 1. The summed E-state index contributed by atoms with van der Waals surface area (Å²) in [6.07, 6.45) is 2.95. The summed E-state index contributed by atoms with van der Waals surface area (Å²) in [5, 5.41) is 2.94. The molecule has 0 aromatic heterocycles. The highest BCUT2D eigenvalue weighted by Gasteiger charge is 2.06. The van der Waals surface area contributed by atoms with Gasteiger partial charge in [-0.15, -0.1) is 11.8 Å². The van der Waals surface area contributed by atoms with Crippen molar-refractivity contribution in [3.63, 3.8) is 0 Å². The zero-order valence-corrected chi connectivity index (χ0v) is 12.4. The van der Waals surface area contributed by atoms with Crippen molar-refractivity contribution in [3.05, 3.63) is 24.3 Å². The van der Waals surface area contributed by atoms with E-state index in [1.165, 1.54) is 0 Å². The minimum atomic E-state index is 0.0474. The van der Waals surface area contributed by atoms with Gasteiger partial charge in [-0.25, -0.2) is 0 Å². The van der Waals surface area contributed by atoms with Crippen LogP contribution >= 0.6 is 23.5 Å². The van der Waals surface area contributed by atoms with Gasteiger partial charge in [0.05, 0.1) is 11.4 Å². The Bertz CT molecular complexity index is 383. The predicted octanol–water partition coefficient (Wildman–Crippen LogP) is 2.82. The SMILES string of the molecule is CSc1ccccc1NC(=O)CSCCC(C)N. The summed E-state index contributed by atoms with van der Waals surface area (Å²) in [5.74, 6) is 1.45. The van der Waals surface area contributed by atoms with Crippen molar-refractivity contribution in [2.24, 2.45) is 5.73 Å². The van der Waals surface area contributed by atoms with Gasteiger partial charge in [0, 0.05) is 10.9 Å². The van der Waals surface area contributed by atoms with Gasteiger partial charge < -0.3 is 11.1 Å². The third-order valence-corrected chi connectivity index (χ3v) is 4.12. The van der Waals surface area contributed by atoms with E-state index in [9.17, 15) is 4.79 Å². The number of hydrogen-bond donors (Lipinski definition) is 2. The normalized spacial score (nSPS) is 12.2. The Hall–Kier alpha value is -0.650. The molecule has 1 unspecified atom stereocenters. The van der Waals surface area contributed by atoms with Gasteiger partial charge in [0.2, 0.25) is 5.91 Å². The second-order valence-electron chi connectivity index (χ2n) is 4.07. The van der Waals surface area contributed by atoms with E-state index in [1.807, 2.05) is 37.4 Å². The lowest BCUT2D eigenvalue weighted by molar-refractivity contribution is -0.113. The molecule has 18 heavy (non-hydrogen) atoms. The van der Waals surface area contributed by atoms with Crippen LogP contribution in [0.4, 0.5) is 5.69 Å². The second kappa shape index (κ2) is 8.45. The Labute approximate surface area is 117 Å². The standard InChI is InChI=1S/C13H20N2OS2/c1-10(14)7-8-18-9-13(16)15-11-5-3-4-6-12(11)17-2/h3-6,10H,7-9,14H2,1-2H3,(H,15,16).